The number of benzene rings is 3. The Balaban J connectivity index is 1.41. The lowest BCUT2D eigenvalue weighted by atomic mass is 10.00. The first-order valence-corrected chi connectivity index (χ1v) is 15.2. The highest BCUT2D eigenvalue weighted by Crippen LogP contribution is 2.45. The molecule has 0 radical (unpaired) electrons. The number of hydrogen-bond donors (Lipinski definition) is 0. The molecule has 2 aliphatic heterocycles. The minimum atomic E-state index is -0.592. The fraction of sp³-hybridized carbons (Fsp3) is 0.382. The van der Waals surface area contributed by atoms with Crippen LogP contribution in [0.4, 0.5) is 0 Å². The van der Waals surface area contributed by atoms with Gasteiger partial charge in [0, 0.05) is 6.92 Å². The Hall–Kier alpha value is -3.14. The summed E-state index contributed by atoms with van der Waals surface area (Å²) < 4.78 is 37.9. The quantitative estimate of drug-likeness (QED) is 0.224. The molecule has 5 rings (SSSR count). The van der Waals surface area contributed by atoms with E-state index in [1.807, 2.05) is 105 Å². The molecule has 1 saturated heterocycles. The van der Waals surface area contributed by atoms with Crippen LogP contribution in [0.2, 0.25) is 0 Å². The number of carbonyl (C=O) groups excluding carboxylic acids is 1. The maximum absolute atomic E-state index is 11.7. The summed E-state index contributed by atoms with van der Waals surface area (Å²) in [5, 5.41) is -0.267. The molecule has 0 aliphatic carbocycles. The predicted octanol–water partition coefficient (Wildman–Crippen LogP) is 6.41. The maximum Gasteiger partial charge on any atom is 0.303 e. The van der Waals surface area contributed by atoms with Crippen LogP contribution >= 0.6 is 11.8 Å². The topological polar surface area (TPSA) is 72.5 Å². The first-order chi connectivity index (χ1) is 20.5. The minimum absolute atomic E-state index is 0.267. The van der Waals surface area contributed by atoms with Gasteiger partial charge in [0.05, 0.1) is 31.3 Å². The van der Waals surface area contributed by atoms with Crippen molar-refractivity contribution in [3.8, 4) is 0 Å². The molecule has 222 valence electrons. The fourth-order valence-electron chi connectivity index (χ4n) is 5.17. The van der Waals surface area contributed by atoms with E-state index in [4.69, 9.17) is 28.4 Å². The van der Waals surface area contributed by atoms with Crippen molar-refractivity contribution in [2.75, 3.05) is 6.61 Å². The number of carbonyl (C=O) groups is 1. The monoisotopic (exact) mass is 590 g/mol. The van der Waals surface area contributed by atoms with Crippen LogP contribution in [0.15, 0.2) is 102 Å². The van der Waals surface area contributed by atoms with Gasteiger partial charge in [0.1, 0.15) is 35.4 Å². The SMILES string of the molecule is CC(=O)OC(C)C1=C(C)O[C@H]2O[C@H](COCc3ccccc3)[C@@H](OCc3ccccc3)[C@H](OCc3ccccc3)[C@H]2S1. The Bertz CT molecular complexity index is 1300. The summed E-state index contributed by atoms with van der Waals surface area (Å²) in [6, 6.07) is 30.2. The minimum Gasteiger partial charge on any atom is -0.467 e. The third-order valence-corrected chi connectivity index (χ3v) is 8.81. The third kappa shape index (κ3) is 8.02. The Morgan fingerprint density at radius 2 is 1.33 bits per heavy atom. The zero-order valence-corrected chi connectivity index (χ0v) is 25.0. The number of esters is 1. The Morgan fingerprint density at radius 1 is 0.810 bits per heavy atom. The molecule has 3 aromatic carbocycles. The van der Waals surface area contributed by atoms with E-state index in [0.29, 0.717) is 32.2 Å². The molecule has 2 heterocycles. The molecular formula is C34H38O7S. The smallest absolute Gasteiger partial charge is 0.303 e. The molecule has 0 N–H and O–H groups in total. The van der Waals surface area contributed by atoms with Gasteiger partial charge >= 0.3 is 5.97 Å². The maximum atomic E-state index is 11.7. The normalized spacial score (nSPS) is 24.4. The van der Waals surface area contributed by atoms with Gasteiger partial charge in [-0.05, 0) is 30.5 Å². The average Bonchev–Trinajstić information content (AvgIpc) is 3.00. The van der Waals surface area contributed by atoms with Crippen molar-refractivity contribution in [3.63, 3.8) is 0 Å². The number of fused-ring (bicyclic) bond motifs is 1. The Kier molecular flexibility index (Phi) is 10.7. The van der Waals surface area contributed by atoms with Crippen molar-refractivity contribution in [1.29, 1.82) is 0 Å². The van der Waals surface area contributed by atoms with Gasteiger partial charge < -0.3 is 28.4 Å². The second-order valence-corrected chi connectivity index (χ2v) is 11.7. The highest BCUT2D eigenvalue weighted by Gasteiger charge is 2.51. The van der Waals surface area contributed by atoms with Crippen molar-refractivity contribution in [2.24, 2.45) is 0 Å². The van der Waals surface area contributed by atoms with Crippen LogP contribution in [-0.2, 0) is 53.0 Å². The lowest BCUT2D eigenvalue weighted by Gasteiger charge is -2.48. The number of thioether (sulfide) groups is 1. The molecule has 8 heteroatoms. The summed E-state index contributed by atoms with van der Waals surface area (Å²) in [5.74, 6) is 0.325. The zero-order valence-electron chi connectivity index (χ0n) is 24.2. The lowest BCUT2D eigenvalue weighted by Crippen LogP contribution is -2.60. The summed E-state index contributed by atoms with van der Waals surface area (Å²) in [4.78, 5) is 12.6. The van der Waals surface area contributed by atoms with Crippen molar-refractivity contribution in [1.82, 2.24) is 0 Å². The van der Waals surface area contributed by atoms with Gasteiger partial charge in [0.15, 0.2) is 0 Å². The molecule has 1 fully saturated rings. The third-order valence-electron chi connectivity index (χ3n) is 7.17. The van der Waals surface area contributed by atoms with Gasteiger partial charge in [0.2, 0.25) is 6.29 Å². The van der Waals surface area contributed by atoms with Gasteiger partial charge in [-0.1, -0.05) is 91.0 Å². The zero-order chi connectivity index (χ0) is 29.3. The molecule has 6 atom stereocenters. The van der Waals surface area contributed by atoms with Crippen LogP contribution in [0.3, 0.4) is 0 Å². The van der Waals surface area contributed by atoms with E-state index >= 15 is 0 Å². The molecule has 1 unspecified atom stereocenters. The number of hydrogen-bond acceptors (Lipinski definition) is 8. The van der Waals surface area contributed by atoms with E-state index in [1.54, 1.807) is 11.8 Å². The highest BCUT2D eigenvalue weighted by molar-refractivity contribution is 8.03. The van der Waals surface area contributed by atoms with Crippen LogP contribution in [0.5, 0.6) is 0 Å². The molecule has 0 aromatic heterocycles. The van der Waals surface area contributed by atoms with E-state index in [1.165, 1.54) is 6.92 Å². The first kappa shape index (κ1) is 30.3. The molecule has 2 aliphatic rings. The van der Waals surface area contributed by atoms with Gasteiger partial charge in [-0.2, -0.15) is 0 Å². The van der Waals surface area contributed by atoms with Gasteiger partial charge in [-0.15, -0.1) is 11.8 Å². The molecule has 3 aromatic rings. The summed E-state index contributed by atoms with van der Waals surface area (Å²) >= 11 is 1.57. The van der Waals surface area contributed by atoms with Crippen molar-refractivity contribution >= 4 is 17.7 Å². The molecule has 7 nitrogen and oxygen atoms in total. The number of allylic oxidation sites excluding steroid dienone is 1. The van der Waals surface area contributed by atoms with Gasteiger partial charge in [0.25, 0.3) is 0 Å². The van der Waals surface area contributed by atoms with Gasteiger partial charge in [-0.3, -0.25) is 4.79 Å². The number of rotatable bonds is 12. The standard InChI is InChI=1S/C34H38O7S/c1-23(39-25(3)35)32-24(2)40-34-33(42-32)31(38-21-28-17-11-6-12-18-28)30(37-20-27-15-9-5-10-16-27)29(41-34)22-36-19-26-13-7-4-8-14-26/h4-18,23,29-31,33-34H,19-22H2,1-3H3/t23?,29-,30-,31+,33-,34+/m1/s1. The van der Waals surface area contributed by atoms with Crippen molar-refractivity contribution < 1.29 is 33.2 Å². The van der Waals surface area contributed by atoms with Crippen LogP contribution in [0, 0.1) is 0 Å². The molecule has 0 saturated carbocycles. The summed E-state index contributed by atoms with van der Waals surface area (Å²) in [6.07, 6.45) is -2.36. The number of ether oxygens (including phenoxy) is 6. The molecule has 42 heavy (non-hydrogen) atoms. The molecule has 0 amide bonds. The Labute approximate surface area is 252 Å². The lowest BCUT2D eigenvalue weighted by molar-refractivity contribution is -0.266. The molecular weight excluding hydrogens is 552 g/mol. The summed E-state index contributed by atoms with van der Waals surface area (Å²) in [6.45, 7) is 6.68. The summed E-state index contributed by atoms with van der Waals surface area (Å²) in [7, 11) is 0. The van der Waals surface area contributed by atoms with Crippen molar-refractivity contribution in [2.45, 2.75) is 76.5 Å². The van der Waals surface area contributed by atoms with E-state index in [9.17, 15) is 4.79 Å². The van der Waals surface area contributed by atoms with Crippen LogP contribution < -0.4 is 0 Å². The van der Waals surface area contributed by atoms with E-state index in [0.717, 1.165) is 21.6 Å². The van der Waals surface area contributed by atoms with E-state index < -0.39 is 30.7 Å². The van der Waals surface area contributed by atoms with E-state index in [2.05, 4.69) is 0 Å². The predicted molar refractivity (Wildman–Crippen MR) is 161 cm³/mol. The second-order valence-electron chi connectivity index (χ2n) is 10.4. The first-order valence-electron chi connectivity index (χ1n) is 14.3. The largest absolute Gasteiger partial charge is 0.467 e. The summed E-state index contributed by atoms with van der Waals surface area (Å²) in [5.41, 5.74) is 3.19. The Morgan fingerprint density at radius 3 is 1.88 bits per heavy atom. The van der Waals surface area contributed by atoms with Crippen LogP contribution in [-0.4, -0.2) is 48.5 Å². The van der Waals surface area contributed by atoms with Crippen LogP contribution in [0.25, 0.3) is 0 Å². The second kappa shape index (κ2) is 14.8. The van der Waals surface area contributed by atoms with Gasteiger partial charge in [-0.25, -0.2) is 0 Å². The molecule has 0 spiro atoms. The van der Waals surface area contributed by atoms with Crippen molar-refractivity contribution in [3.05, 3.63) is 118 Å². The average molecular weight is 591 g/mol. The highest BCUT2D eigenvalue weighted by atomic mass is 32.2. The van der Waals surface area contributed by atoms with Crippen LogP contribution in [0.1, 0.15) is 37.5 Å². The molecule has 0 bridgehead atoms. The fourth-order valence-corrected chi connectivity index (χ4v) is 6.52. The van der Waals surface area contributed by atoms with E-state index in [-0.39, 0.29) is 11.2 Å².